The molecular weight excluding hydrogens is 334 g/mol. The summed E-state index contributed by atoms with van der Waals surface area (Å²) in [7, 11) is 1.36. The molecule has 3 heteroatoms. The zero-order chi connectivity index (χ0) is 19.7. The number of rotatable bonds is 3. The van der Waals surface area contributed by atoms with Crippen LogP contribution in [0.5, 0.6) is 0 Å². The molecule has 0 unspecified atom stereocenters. The summed E-state index contributed by atoms with van der Waals surface area (Å²) in [5.74, 6) is -0.381. The number of hydrogen-bond donors (Lipinski definition) is 0. The Morgan fingerprint density at radius 3 is 2.37 bits per heavy atom. The highest BCUT2D eigenvalue weighted by Gasteiger charge is 2.36. The molecule has 3 rings (SSSR count). The molecule has 0 radical (unpaired) electrons. The highest BCUT2D eigenvalue weighted by molar-refractivity contribution is 5.89. The molecule has 0 N–H and O–H groups in total. The number of fused-ring (bicyclic) bond motifs is 1. The lowest BCUT2D eigenvalue weighted by molar-refractivity contribution is 0.0600. The summed E-state index contributed by atoms with van der Waals surface area (Å²) < 4.78 is 4.68. The van der Waals surface area contributed by atoms with E-state index in [-0.39, 0.29) is 16.8 Å². The third kappa shape index (κ3) is 4.04. The molecule has 0 bridgehead atoms. The van der Waals surface area contributed by atoms with Crippen LogP contribution in [0.2, 0.25) is 0 Å². The maximum atomic E-state index is 11.4. The molecule has 2 aromatic rings. The normalized spacial score (nSPS) is 16.6. The van der Waals surface area contributed by atoms with Crippen LogP contribution < -0.4 is 0 Å². The van der Waals surface area contributed by atoms with Crippen molar-refractivity contribution in [2.24, 2.45) is 0 Å². The topological polar surface area (TPSA) is 39.2 Å². The van der Waals surface area contributed by atoms with Crippen molar-refractivity contribution in [3.63, 3.8) is 0 Å². The van der Waals surface area contributed by atoms with Gasteiger partial charge in [0.05, 0.1) is 18.4 Å². The highest BCUT2D eigenvalue weighted by Crippen LogP contribution is 2.45. The van der Waals surface area contributed by atoms with Gasteiger partial charge in [0.2, 0.25) is 0 Å². The van der Waals surface area contributed by atoms with Crippen molar-refractivity contribution < 1.29 is 9.53 Å². The Balaban J connectivity index is 1.86. The number of carbonyl (C=O) groups is 1. The quantitative estimate of drug-likeness (QED) is 0.532. The van der Waals surface area contributed by atoms with E-state index in [9.17, 15) is 4.79 Å². The molecule has 0 atom stereocenters. The average molecular weight is 361 g/mol. The lowest BCUT2D eigenvalue weighted by atomic mass is 9.63. The van der Waals surface area contributed by atoms with E-state index in [1.54, 1.807) is 12.1 Å². The van der Waals surface area contributed by atoms with Gasteiger partial charge in [-0.2, -0.15) is 0 Å². The van der Waals surface area contributed by atoms with E-state index in [4.69, 9.17) is 0 Å². The van der Waals surface area contributed by atoms with Gasteiger partial charge in [-0.25, -0.2) is 4.79 Å². The zero-order valence-corrected chi connectivity index (χ0v) is 16.8. The van der Waals surface area contributed by atoms with E-state index < -0.39 is 0 Å². The second-order valence-corrected chi connectivity index (χ2v) is 8.49. The predicted octanol–water partition coefficient (Wildman–Crippen LogP) is 5.54. The summed E-state index contributed by atoms with van der Waals surface area (Å²) in [6, 6.07) is 10.2. The van der Waals surface area contributed by atoms with Crippen LogP contribution >= 0.6 is 0 Å². The molecule has 3 nitrogen and oxygen atoms in total. The first kappa shape index (κ1) is 19.1. The largest absolute Gasteiger partial charge is 0.465 e. The van der Waals surface area contributed by atoms with E-state index in [1.165, 1.54) is 37.3 Å². The van der Waals surface area contributed by atoms with Crippen molar-refractivity contribution in [3.05, 3.63) is 70.2 Å². The molecule has 140 valence electrons. The summed E-state index contributed by atoms with van der Waals surface area (Å²) in [6.45, 7) is 9.33. The maximum absolute atomic E-state index is 11.4. The standard InChI is InChI=1S/C24H27NO2/c1-23(2)13-14-24(3,4)21-15-17(9-12-20(21)23)7-6-8-19-11-10-18(16-25-19)22(26)27-5/h7-12,15-16H,13-14H2,1-5H3. The first-order valence-electron chi connectivity index (χ1n) is 9.35. The Bertz CT molecular complexity index is 914. The molecule has 1 aromatic heterocycles. The number of ether oxygens (including phenoxy) is 1. The number of esters is 1. The highest BCUT2D eigenvalue weighted by atomic mass is 16.5. The molecule has 0 saturated heterocycles. The SMILES string of the molecule is COC(=O)c1ccc(C=C=Cc2ccc3c(c2)C(C)(C)CCC3(C)C)nc1. The number of aromatic nitrogens is 1. The van der Waals surface area contributed by atoms with Gasteiger partial charge < -0.3 is 4.74 Å². The third-order valence-corrected chi connectivity index (χ3v) is 5.57. The Labute approximate surface area is 161 Å². The van der Waals surface area contributed by atoms with Gasteiger partial charge in [-0.15, -0.1) is 5.73 Å². The fourth-order valence-corrected chi connectivity index (χ4v) is 3.65. The molecule has 1 aliphatic rings. The van der Waals surface area contributed by atoms with Crippen molar-refractivity contribution in [1.82, 2.24) is 4.98 Å². The first-order valence-corrected chi connectivity index (χ1v) is 9.35. The van der Waals surface area contributed by atoms with Gasteiger partial charge in [-0.3, -0.25) is 4.98 Å². The summed E-state index contributed by atoms with van der Waals surface area (Å²) >= 11 is 0. The van der Waals surface area contributed by atoms with E-state index in [1.807, 2.05) is 12.2 Å². The lowest BCUT2D eigenvalue weighted by Gasteiger charge is -2.42. The van der Waals surface area contributed by atoms with Crippen molar-refractivity contribution in [2.45, 2.75) is 51.4 Å². The molecular formula is C24H27NO2. The molecule has 0 spiro atoms. The van der Waals surface area contributed by atoms with Gasteiger partial charge >= 0.3 is 5.97 Å². The van der Waals surface area contributed by atoms with Crippen LogP contribution in [0.4, 0.5) is 0 Å². The van der Waals surface area contributed by atoms with Gasteiger partial charge in [0.25, 0.3) is 0 Å². The number of methoxy groups -OCH3 is 1. The monoisotopic (exact) mass is 361 g/mol. The average Bonchev–Trinajstić information content (AvgIpc) is 2.65. The summed E-state index contributed by atoms with van der Waals surface area (Å²) in [4.78, 5) is 15.7. The first-order chi connectivity index (χ1) is 12.7. The molecule has 0 amide bonds. The van der Waals surface area contributed by atoms with Gasteiger partial charge in [0, 0.05) is 12.3 Å². The number of pyridine rings is 1. The second-order valence-electron chi connectivity index (χ2n) is 8.49. The second kappa shape index (κ2) is 7.17. The summed E-state index contributed by atoms with van der Waals surface area (Å²) in [5, 5.41) is 0. The van der Waals surface area contributed by atoms with Crippen LogP contribution in [0.15, 0.2) is 42.3 Å². The number of carbonyl (C=O) groups excluding carboxylic acids is 1. The maximum Gasteiger partial charge on any atom is 0.339 e. The van der Waals surface area contributed by atoms with Crippen LogP contribution in [0, 0.1) is 0 Å². The summed E-state index contributed by atoms with van der Waals surface area (Å²) in [5.41, 5.74) is 8.87. The van der Waals surface area contributed by atoms with Crippen LogP contribution in [0.1, 0.15) is 73.3 Å². The number of hydrogen-bond acceptors (Lipinski definition) is 3. The van der Waals surface area contributed by atoms with Gasteiger partial charge in [0.1, 0.15) is 0 Å². The van der Waals surface area contributed by atoms with Crippen LogP contribution in [-0.2, 0) is 15.6 Å². The van der Waals surface area contributed by atoms with Gasteiger partial charge in [0.15, 0.2) is 0 Å². The van der Waals surface area contributed by atoms with E-state index in [0.717, 1.165) is 11.3 Å². The van der Waals surface area contributed by atoms with Crippen LogP contribution in [-0.4, -0.2) is 18.1 Å². The van der Waals surface area contributed by atoms with E-state index >= 15 is 0 Å². The Kier molecular flexibility index (Phi) is 5.08. The fourth-order valence-electron chi connectivity index (χ4n) is 3.65. The lowest BCUT2D eigenvalue weighted by Crippen LogP contribution is -2.33. The smallest absolute Gasteiger partial charge is 0.339 e. The third-order valence-electron chi connectivity index (χ3n) is 5.57. The number of benzene rings is 1. The minimum absolute atomic E-state index is 0.198. The Hall–Kier alpha value is -2.64. The van der Waals surface area contributed by atoms with Gasteiger partial charge in [-0.05, 0) is 58.6 Å². The Morgan fingerprint density at radius 2 is 1.74 bits per heavy atom. The Morgan fingerprint density at radius 1 is 1.04 bits per heavy atom. The molecule has 27 heavy (non-hydrogen) atoms. The molecule has 1 heterocycles. The van der Waals surface area contributed by atoms with Crippen LogP contribution in [0.25, 0.3) is 12.2 Å². The van der Waals surface area contributed by atoms with Crippen LogP contribution in [0.3, 0.4) is 0 Å². The fraction of sp³-hybridized carbons (Fsp3) is 0.375. The molecule has 1 aromatic carbocycles. The zero-order valence-electron chi connectivity index (χ0n) is 16.8. The summed E-state index contributed by atoms with van der Waals surface area (Å²) in [6.07, 6.45) is 7.73. The molecule has 0 aliphatic heterocycles. The van der Waals surface area contributed by atoms with Crippen molar-refractivity contribution in [3.8, 4) is 0 Å². The minimum atomic E-state index is -0.381. The molecule has 0 fully saturated rings. The van der Waals surface area contributed by atoms with Crippen molar-refractivity contribution in [1.29, 1.82) is 0 Å². The van der Waals surface area contributed by atoms with Crippen molar-refractivity contribution in [2.75, 3.05) is 7.11 Å². The minimum Gasteiger partial charge on any atom is -0.465 e. The van der Waals surface area contributed by atoms with Crippen molar-refractivity contribution >= 4 is 18.1 Å². The van der Waals surface area contributed by atoms with E-state index in [0.29, 0.717) is 5.56 Å². The molecule has 0 saturated carbocycles. The van der Waals surface area contributed by atoms with Gasteiger partial charge in [-0.1, -0.05) is 45.9 Å². The number of nitrogens with zero attached hydrogens (tertiary/aromatic N) is 1. The predicted molar refractivity (Wildman–Crippen MR) is 110 cm³/mol. The van der Waals surface area contributed by atoms with E-state index in [2.05, 4.69) is 61.3 Å². The molecule has 1 aliphatic carbocycles.